The minimum absolute atomic E-state index is 0.00160. The molecule has 30 nitrogen and oxygen atoms in total. The fourth-order valence-corrected chi connectivity index (χ4v) is 14.8. The zero-order valence-electron chi connectivity index (χ0n) is 47.8. The molecular formula is C53H61N5O25S7. The number of carboxylic acids is 1. The van der Waals surface area contributed by atoms with Gasteiger partial charge in [0.15, 0.2) is 5.71 Å². The molecule has 1 unspecified atom stereocenters. The van der Waals surface area contributed by atoms with Gasteiger partial charge >= 0.3 is 5.97 Å². The van der Waals surface area contributed by atoms with Gasteiger partial charge in [-0.05, 0) is 114 Å². The molecule has 0 aliphatic carbocycles. The lowest BCUT2D eigenvalue weighted by Gasteiger charge is -2.27. The number of allylic oxidation sites excluding steroid dienone is 4. The molecule has 2 aliphatic rings. The Morgan fingerprint density at radius 1 is 0.678 bits per heavy atom. The number of hydrogen-bond donors (Lipinski definition) is 9. The van der Waals surface area contributed by atoms with Crippen LogP contribution in [0.1, 0.15) is 97.8 Å². The molecule has 0 radical (unpaired) electrons. The number of amides is 2. The van der Waals surface area contributed by atoms with Crippen LogP contribution in [0.4, 0.5) is 11.4 Å². The maximum absolute atomic E-state index is 13.7. The maximum atomic E-state index is 13.7. The van der Waals surface area contributed by atoms with Crippen molar-refractivity contribution in [2.24, 2.45) is 0 Å². The van der Waals surface area contributed by atoms with Crippen LogP contribution in [0.25, 0.3) is 32.7 Å². The first-order chi connectivity index (χ1) is 41.6. The normalized spacial score (nSPS) is 16.8. The van der Waals surface area contributed by atoms with Crippen molar-refractivity contribution < 1.29 is 117 Å². The molecule has 3 heterocycles. The molecule has 0 fully saturated rings. The van der Waals surface area contributed by atoms with Crippen molar-refractivity contribution in [3.05, 3.63) is 107 Å². The van der Waals surface area contributed by atoms with Crippen LogP contribution in [0.3, 0.4) is 0 Å². The highest BCUT2D eigenvalue weighted by molar-refractivity contribution is 7.95. The number of unbranched alkanes of at least 4 members (excludes halogenated alkanes) is 2. The Balaban J connectivity index is 1.45. The highest BCUT2D eigenvalue weighted by Gasteiger charge is 2.49. The highest BCUT2D eigenvalue weighted by Crippen LogP contribution is 2.54. The fraction of sp³-hybridized carbons (Fsp3) is 0.377. The lowest BCUT2D eigenvalue weighted by molar-refractivity contribution is -0.437. The van der Waals surface area contributed by atoms with Crippen LogP contribution in [0, 0.1) is 0 Å². The summed E-state index contributed by atoms with van der Waals surface area (Å²) in [6.07, 6.45) is 4.87. The van der Waals surface area contributed by atoms with Crippen LogP contribution in [0.15, 0.2) is 99.3 Å². The van der Waals surface area contributed by atoms with Gasteiger partial charge in [0.05, 0.1) is 49.7 Å². The average molecular weight is 1390 g/mol. The molecule has 490 valence electrons. The molecule has 0 saturated carbocycles. The Labute approximate surface area is 521 Å². The molecule has 2 aliphatic heterocycles. The van der Waals surface area contributed by atoms with Crippen LogP contribution in [-0.2, 0) is 85.7 Å². The van der Waals surface area contributed by atoms with Gasteiger partial charge in [-0.25, -0.2) is 18.7 Å². The molecule has 1 atom stereocenters. The van der Waals surface area contributed by atoms with Crippen LogP contribution in [-0.4, -0.2) is 170 Å². The highest BCUT2D eigenvalue weighted by atomic mass is 32.2. The smallest absolute Gasteiger partial charge is 0.303 e. The van der Waals surface area contributed by atoms with Crippen LogP contribution >= 0.6 is 12.0 Å². The number of pyridine rings is 1. The Hall–Kier alpha value is -6.40. The van der Waals surface area contributed by atoms with Crippen molar-refractivity contribution in [1.82, 2.24) is 15.6 Å². The minimum atomic E-state index is -5.19. The fourth-order valence-electron chi connectivity index (χ4n) is 11.2. The lowest BCUT2D eigenvalue weighted by atomic mass is 9.74. The van der Waals surface area contributed by atoms with Gasteiger partial charge in [0.1, 0.15) is 22.8 Å². The first-order valence-corrected chi connectivity index (χ1v) is 36.9. The molecule has 2 amide bonds. The number of fused-ring (bicyclic) bond motifs is 6. The summed E-state index contributed by atoms with van der Waals surface area (Å²) in [5.74, 6) is -6.62. The zero-order valence-corrected chi connectivity index (χ0v) is 53.5. The Morgan fingerprint density at radius 2 is 1.29 bits per heavy atom. The molecule has 0 spiro atoms. The minimum Gasteiger partial charge on any atom is -0.748 e. The summed E-state index contributed by atoms with van der Waals surface area (Å²) >= 11 is 0.356. The summed E-state index contributed by atoms with van der Waals surface area (Å²) < 4.78 is 215. The number of hydrogen-bond acceptors (Lipinski definition) is 22. The third-order valence-electron chi connectivity index (χ3n) is 15.0. The summed E-state index contributed by atoms with van der Waals surface area (Å²) in [5.41, 5.74) is -1.48. The largest absolute Gasteiger partial charge is 0.748 e. The van der Waals surface area contributed by atoms with E-state index >= 15 is 0 Å². The monoisotopic (exact) mass is 1390 g/mol. The molecule has 90 heavy (non-hydrogen) atoms. The molecule has 4 aromatic carbocycles. The van der Waals surface area contributed by atoms with Gasteiger partial charge in [-0.1, -0.05) is 43.5 Å². The van der Waals surface area contributed by atoms with E-state index in [9.17, 15) is 97.3 Å². The van der Waals surface area contributed by atoms with Crippen LogP contribution in [0.2, 0.25) is 0 Å². The van der Waals surface area contributed by atoms with Crippen molar-refractivity contribution in [3.8, 4) is 11.1 Å². The quantitative estimate of drug-likeness (QED) is 0.00724. The Morgan fingerprint density at radius 3 is 1.84 bits per heavy atom. The summed E-state index contributed by atoms with van der Waals surface area (Å²) in [5, 5.41) is 27.2. The molecule has 0 bridgehead atoms. The number of carbonyl (C=O) groups is 3. The van der Waals surface area contributed by atoms with E-state index in [1.807, 2.05) is 0 Å². The SMILES string of the molecule is CC1(CCCS(=O)(=O)O)C(/C=C/C=C2/N(CCCCCC(=O)O)c3cc(S(=O)(=O)O)c4cc(-c5cc(C(=O)NCCS(=O)(=O)O)nc(C(=O)NCCS(=O)(=O)O)c5)ccc4c3C2(C)C)=[N+](CCCS(=O)(=O)[O-])c2ccc3c(SOOO)cc(S(=O)(=O)O)cc3c21. The summed E-state index contributed by atoms with van der Waals surface area (Å²) in [6, 6.07) is 13.0. The third-order valence-corrected chi connectivity index (χ3v) is 20.4. The number of nitrogens with one attached hydrogen (secondary N) is 2. The van der Waals surface area contributed by atoms with Crippen LogP contribution < -0.4 is 15.5 Å². The van der Waals surface area contributed by atoms with E-state index in [-0.39, 0.29) is 88.4 Å². The predicted molar refractivity (Wildman–Crippen MR) is 325 cm³/mol. The number of nitrogens with zero attached hydrogens (tertiary/aromatic N) is 3. The summed E-state index contributed by atoms with van der Waals surface area (Å²) in [4.78, 5) is 42.8. The molecule has 1 aromatic heterocycles. The molecular weight excluding hydrogens is 1330 g/mol. The van der Waals surface area contributed by atoms with E-state index in [1.54, 1.807) is 54.5 Å². The zero-order chi connectivity index (χ0) is 66.7. The van der Waals surface area contributed by atoms with Crippen molar-refractivity contribution in [3.63, 3.8) is 0 Å². The maximum Gasteiger partial charge on any atom is 0.303 e. The second-order valence-corrected chi connectivity index (χ2v) is 31.5. The number of carbonyl (C=O) groups excluding carboxylic acids is 2. The summed E-state index contributed by atoms with van der Waals surface area (Å²) in [7, 11) is -28.7. The molecule has 37 heteroatoms. The van der Waals surface area contributed by atoms with E-state index in [2.05, 4.69) is 25.0 Å². The predicted octanol–water partition coefficient (Wildman–Crippen LogP) is 5.05. The van der Waals surface area contributed by atoms with Gasteiger partial charge in [-0.3, -0.25) is 37.1 Å². The molecule has 9 N–H and O–H groups in total. The van der Waals surface area contributed by atoms with Crippen LogP contribution in [0.5, 0.6) is 0 Å². The van der Waals surface area contributed by atoms with E-state index in [0.29, 0.717) is 53.1 Å². The number of benzene rings is 4. The van der Waals surface area contributed by atoms with Crippen molar-refractivity contribution >= 4 is 129 Å². The number of anilines is 1. The topological polar surface area (TPSA) is 482 Å². The Bertz CT molecular complexity index is 4470. The van der Waals surface area contributed by atoms with Gasteiger partial charge in [0.2, 0.25) is 5.69 Å². The second kappa shape index (κ2) is 27.4. The van der Waals surface area contributed by atoms with Gasteiger partial charge < -0.3 is 25.2 Å². The van der Waals surface area contributed by atoms with Crippen molar-refractivity contribution in [1.29, 1.82) is 0 Å². The van der Waals surface area contributed by atoms with Gasteiger partial charge in [0, 0.05) is 83.0 Å². The first kappa shape index (κ1) is 71.0. The standard InChI is InChI=1S/C53H61N5O25S7/c1-52(2)45(10-7-11-46-53(3,17-8-22-85(64,65)66)49-38-29-34(89(76,77)78)30-43(84-83-82-63)35(38)15-16-41(49)57(46)21-9-23-86(67,68)69)58(20-6-4-5-12-47(59)60)42-31-44(90(79,80)81)37-26-32(13-14-36(37)48(42)52)33-27-39(50(61)54-18-24-87(70,71)72)56-40(28-33)51(62)55-19-25-88(73,74)75/h7,10-11,13-16,26-31H,4-6,8-9,12,17-25H2,1-3H3,(H9-,54,55,59,60,61,62,63,64,65,66,67,68,69,70,71,72,73,74,75,76,77,78,79,80,81). The average Bonchev–Trinajstić information content (AvgIpc) is 1.69. The van der Waals surface area contributed by atoms with Crippen molar-refractivity contribution in [2.45, 2.75) is 91.2 Å². The van der Waals surface area contributed by atoms with E-state index in [0.717, 1.165) is 24.3 Å². The second-order valence-electron chi connectivity index (χ2n) is 21.7. The number of rotatable bonds is 30. The number of aromatic nitrogens is 1. The molecule has 0 saturated heterocycles. The van der Waals surface area contributed by atoms with E-state index in [4.69, 9.17) is 5.26 Å². The Kier molecular flexibility index (Phi) is 21.7. The van der Waals surface area contributed by atoms with E-state index in [1.165, 1.54) is 30.3 Å². The first-order valence-electron chi connectivity index (χ1n) is 26.9. The molecule has 5 aromatic rings. The van der Waals surface area contributed by atoms with Gasteiger partial charge in [0.25, 0.3) is 62.4 Å². The third kappa shape index (κ3) is 17.4. The number of aliphatic carboxylic acids is 1. The summed E-state index contributed by atoms with van der Waals surface area (Å²) in [6.45, 7) is 3.88. The van der Waals surface area contributed by atoms with E-state index < -0.39 is 147 Å². The molecule has 7 rings (SSSR count). The lowest BCUT2D eigenvalue weighted by Crippen LogP contribution is -2.32. The van der Waals surface area contributed by atoms with Gasteiger partial charge in [-0.2, -0.15) is 46.7 Å². The number of carboxylic acid groups (broad SMARTS) is 1. The van der Waals surface area contributed by atoms with Gasteiger partial charge in [-0.15, -0.1) is 4.33 Å². The van der Waals surface area contributed by atoms with Crippen molar-refractivity contribution in [2.75, 3.05) is 54.1 Å².